The number of hydrogen-bond donors (Lipinski definition) is 1. The van der Waals surface area contributed by atoms with Crippen LogP contribution in [0.25, 0.3) is 0 Å². The first-order valence-corrected chi connectivity index (χ1v) is 10.5. The van der Waals surface area contributed by atoms with Crippen molar-refractivity contribution in [1.29, 1.82) is 0 Å². The largest absolute Gasteiger partial charge is 0.241 e. The molecule has 0 aromatic heterocycles. The molecule has 0 spiro atoms. The minimum Gasteiger partial charge on any atom is -0.213 e. The number of aryl methyl sites for hydroxylation is 1. The van der Waals surface area contributed by atoms with Crippen LogP contribution in [0.2, 0.25) is 5.02 Å². The summed E-state index contributed by atoms with van der Waals surface area (Å²) in [5, 5.41) is 0.484. The predicted octanol–water partition coefficient (Wildman–Crippen LogP) is 1.35. The molecule has 1 N–H and O–H groups in total. The van der Waals surface area contributed by atoms with Crippen molar-refractivity contribution in [2.75, 3.05) is 19.3 Å². The van der Waals surface area contributed by atoms with Gasteiger partial charge >= 0.3 is 0 Å². The molecule has 0 aliphatic carbocycles. The number of benzene rings is 1. The lowest BCUT2D eigenvalue weighted by Gasteiger charge is -2.30. The zero-order valence-corrected chi connectivity index (χ0v) is 14.8. The Labute approximate surface area is 136 Å². The molecule has 0 radical (unpaired) electrons. The summed E-state index contributed by atoms with van der Waals surface area (Å²) in [5.74, 6) is 0. The maximum absolute atomic E-state index is 12.4. The highest BCUT2D eigenvalue weighted by Gasteiger charge is 2.28. The Balaban J connectivity index is 2.08. The predicted molar refractivity (Wildman–Crippen MR) is 85.9 cm³/mol. The maximum atomic E-state index is 12.4. The maximum Gasteiger partial charge on any atom is 0.241 e. The first-order chi connectivity index (χ1) is 10.1. The molecule has 0 amide bonds. The molecule has 9 heteroatoms. The van der Waals surface area contributed by atoms with E-state index in [-0.39, 0.29) is 10.9 Å². The highest BCUT2D eigenvalue weighted by molar-refractivity contribution is 7.89. The molecule has 1 aliphatic rings. The molecule has 22 heavy (non-hydrogen) atoms. The molecular formula is C13H19ClN2O4S2. The summed E-state index contributed by atoms with van der Waals surface area (Å²) < 4.78 is 51.8. The Morgan fingerprint density at radius 1 is 1.18 bits per heavy atom. The van der Waals surface area contributed by atoms with E-state index >= 15 is 0 Å². The fourth-order valence-corrected chi connectivity index (χ4v) is 5.13. The van der Waals surface area contributed by atoms with Crippen LogP contribution < -0.4 is 4.72 Å². The van der Waals surface area contributed by atoms with E-state index in [0.29, 0.717) is 36.5 Å². The van der Waals surface area contributed by atoms with Gasteiger partial charge in [-0.3, -0.25) is 0 Å². The average molecular weight is 367 g/mol. The molecule has 124 valence electrons. The summed E-state index contributed by atoms with van der Waals surface area (Å²) >= 11 is 5.84. The normalized spacial score (nSPS) is 18.5. The Bertz CT molecular complexity index is 754. The SMILES string of the molecule is Cc1cc(Cl)ccc1S(=O)(=O)NC1CCN(S(C)(=O)=O)CC1. The third-order valence-electron chi connectivity index (χ3n) is 3.67. The van der Waals surface area contributed by atoms with Gasteiger partial charge in [-0.15, -0.1) is 0 Å². The van der Waals surface area contributed by atoms with Gasteiger partial charge in [0, 0.05) is 24.2 Å². The summed E-state index contributed by atoms with van der Waals surface area (Å²) in [6.45, 7) is 2.34. The van der Waals surface area contributed by atoms with E-state index < -0.39 is 20.0 Å². The number of rotatable bonds is 4. The molecule has 2 rings (SSSR count). The fourth-order valence-electron chi connectivity index (χ4n) is 2.50. The summed E-state index contributed by atoms with van der Waals surface area (Å²) in [6, 6.07) is 4.35. The van der Waals surface area contributed by atoms with Gasteiger partial charge in [0.05, 0.1) is 11.2 Å². The minimum absolute atomic E-state index is 0.197. The molecule has 1 heterocycles. The summed E-state index contributed by atoms with van der Waals surface area (Å²) in [6.07, 6.45) is 2.08. The zero-order valence-electron chi connectivity index (χ0n) is 12.4. The molecule has 0 bridgehead atoms. The van der Waals surface area contributed by atoms with Crippen molar-refractivity contribution < 1.29 is 16.8 Å². The fraction of sp³-hybridized carbons (Fsp3) is 0.538. The molecule has 1 aromatic carbocycles. The lowest BCUT2D eigenvalue weighted by Crippen LogP contribution is -2.46. The third kappa shape index (κ3) is 4.20. The second-order valence-electron chi connectivity index (χ2n) is 5.47. The van der Waals surface area contributed by atoms with Gasteiger partial charge in [0.1, 0.15) is 0 Å². The highest BCUT2D eigenvalue weighted by atomic mass is 35.5. The number of sulfonamides is 2. The number of nitrogens with one attached hydrogen (secondary N) is 1. The second-order valence-corrected chi connectivity index (χ2v) is 9.57. The van der Waals surface area contributed by atoms with Gasteiger partial charge < -0.3 is 0 Å². The van der Waals surface area contributed by atoms with Gasteiger partial charge in [-0.25, -0.2) is 25.9 Å². The summed E-state index contributed by atoms with van der Waals surface area (Å²) in [5.41, 5.74) is 0.577. The van der Waals surface area contributed by atoms with Crippen molar-refractivity contribution in [3.63, 3.8) is 0 Å². The first-order valence-electron chi connectivity index (χ1n) is 6.83. The second kappa shape index (κ2) is 6.45. The third-order valence-corrected chi connectivity index (χ3v) is 6.89. The van der Waals surface area contributed by atoms with Crippen LogP contribution >= 0.6 is 11.6 Å². The molecular weight excluding hydrogens is 348 g/mol. The van der Waals surface area contributed by atoms with Crippen molar-refractivity contribution in [3.8, 4) is 0 Å². The van der Waals surface area contributed by atoms with Crippen molar-refractivity contribution in [3.05, 3.63) is 28.8 Å². The van der Waals surface area contributed by atoms with Crippen LogP contribution in [0.5, 0.6) is 0 Å². The van der Waals surface area contributed by atoms with E-state index in [0.717, 1.165) is 6.26 Å². The number of hydrogen-bond acceptors (Lipinski definition) is 4. The van der Waals surface area contributed by atoms with E-state index in [2.05, 4.69) is 4.72 Å². The quantitative estimate of drug-likeness (QED) is 0.871. The van der Waals surface area contributed by atoms with E-state index in [1.165, 1.54) is 16.4 Å². The Kier molecular flexibility index (Phi) is 5.18. The topological polar surface area (TPSA) is 83.6 Å². The van der Waals surface area contributed by atoms with Gasteiger partial charge in [0.2, 0.25) is 20.0 Å². The monoisotopic (exact) mass is 366 g/mol. The van der Waals surface area contributed by atoms with Crippen molar-refractivity contribution >= 4 is 31.6 Å². The summed E-state index contributed by atoms with van der Waals surface area (Å²) in [7, 11) is -6.85. The van der Waals surface area contributed by atoms with Crippen LogP contribution in [-0.4, -0.2) is 46.5 Å². The molecule has 1 saturated heterocycles. The van der Waals surface area contributed by atoms with Crippen molar-refractivity contribution in [2.24, 2.45) is 0 Å². The number of halogens is 1. The van der Waals surface area contributed by atoms with E-state index in [1.54, 1.807) is 13.0 Å². The molecule has 0 unspecified atom stereocenters. The van der Waals surface area contributed by atoms with Crippen LogP contribution in [0.4, 0.5) is 0 Å². The smallest absolute Gasteiger partial charge is 0.213 e. The standard InChI is InChI=1S/C13H19ClN2O4S2/c1-10-9-11(14)3-4-13(10)22(19,20)15-12-5-7-16(8-6-12)21(2,17)18/h3-4,9,12,15H,5-8H2,1-2H3. The lowest BCUT2D eigenvalue weighted by atomic mass is 10.1. The molecule has 0 saturated carbocycles. The lowest BCUT2D eigenvalue weighted by molar-refractivity contribution is 0.310. The van der Waals surface area contributed by atoms with Crippen LogP contribution in [0.1, 0.15) is 18.4 Å². The zero-order chi connectivity index (χ0) is 16.5. The van der Waals surface area contributed by atoms with Crippen LogP contribution in [-0.2, 0) is 20.0 Å². The molecule has 1 fully saturated rings. The Morgan fingerprint density at radius 3 is 2.27 bits per heavy atom. The molecule has 1 aliphatic heterocycles. The average Bonchev–Trinajstić information content (AvgIpc) is 2.37. The van der Waals surface area contributed by atoms with Gasteiger partial charge in [-0.1, -0.05) is 11.6 Å². The first kappa shape index (κ1) is 17.7. The molecule has 1 aromatic rings. The summed E-state index contributed by atoms with van der Waals surface area (Å²) in [4.78, 5) is 0.197. The van der Waals surface area contributed by atoms with Gasteiger partial charge in [0.25, 0.3) is 0 Å². The van der Waals surface area contributed by atoms with Crippen molar-refractivity contribution in [1.82, 2.24) is 9.03 Å². The number of piperidine rings is 1. The highest BCUT2D eigenvalue weighted by Crippen LogP contribution is 2.21. The Morgan fingerprint density at radius 2 is 1.77 bits per heavy atom. The van der Waals surface area contributed by atoms with Gasteiger partial charge in [-0.2, -0.15) is 0 Å². The van der Waals surface area contributed by atoms with Gasteiger partial charge in [-0.05, 0) is 43.5 Å². The van der Waals surface area contributed by atoms with Crippen molar-refractivity contribution in [2.45, 2.75) is 30.7 Å². The number of nitrogens with zero attached hydrogens (tertiary/aromatic N) is 1. The van der Waals surface area contributed by atoms with Crippen LogP contribution in [0.3, 0.4) is 0 Å². The Hall–Kier alpha value is -0.670. The van der Waals surface area contributed by atoms with Crippen LogP contribution in [0, 0.1) is 6.92 Å². The molecule has 0 atom stereocenters. The van der Waals surface area contributed by atoms with Crippen LogP contribution in [0.15, 0.2) is 23.1 Å². The van der Waals surface area contributed by atoms with E-state index in [4.69, 9.17) is 11.6 Å². The van der Waals surface area contributed by atoms with E-state index in [1.807, 2.05) is 0 Å². The van der Waals surface area contributed by atoms with E-state index in [9.17, 15) is 16.8 Å². The molecule has 6 nitrogen and oxygen atoms in total. The van der Waals surface area contributed by atoms with Gasteiger partial charge in [0.15, 0.2) is 0 Å². The minimum atomic E-state index is -3.64.